The van der Waals surface area contributed by atoms with E-state index >= 15 is 0 Å². The minimum atomic E-state index is 0. The lowest BCUT2D eigenvalue weighted by molar-refractivity contribution is 0.346. The van der Waals surface area contributed by atoms with Crippen molar-refractivity contribution in [2.24, 2.45) is 12.0 Å². The summed E-state index contributed by atoms with van der Waals surface area (Å²) in [5.41, 5.74) is 6.19. The third-order valence-electron chi connectivity index (χ3n) is 5.63. The van der Waals surface area contributed by atoms with Gasteiger partial charge >= 0.3 is 0 Å². The zero-order chi connectivity index (χ0) is 21.0. The van der Waals surface area contributed by atoms with Crippen LogP contribution in [0.15, 0.2) is 17.1 Å². The van der Waals surface area contributed by atoms with E-state index in [4.69, 9.17) is 14.5 Å². The Hall–Kier alpha value is -1.97. The molecule has 1 aliphatic heterocycles. The van der Waals surface area contributed by atoms with Crippen molar-refractivity contribution in [2.75, 3.05) is 33.9 Å². The molecule has 0 spiro atoms. The van der Waals surface area contributed by atoms with Gasteiger partial charge in [0.05, 0.1) is 19.9 Å². The highest BCUT2D eigenvalue weighted by atomic mass is 127. The van der Waals surface area contributed by atoms with E-state index in [2.05, 4.69) is 48.2 Å². The molecule has 1 aromatic heterocycles. The summed E-state index contributed by atoms with van der Waals surface area (Å²) in [6.45, 7) is 9.63. The number of ether oxygens (including phenoxy) is 2. The van der Waals surface area contributed by atoms with E-state index in [1.807, 2.05) is 11.7 Å². The molecular weight excluding hydrogens is 493 g/mol. The number of nitrogens with one attached hydrogen (secondary N) is 1. The summed E-state index contributed by atoms with van der Waals surface area (Å²) in [5, 5.41) is 7.96. The van der Waals surface area contributed by atoms with Gasteiger partial charge in [-0.05, 0) is 62.4 Å². The number of aliphatic imine (C=N–C) groups is 1. The fourth-order valence-corrected chi connectivity index (χ4v) is 3.94. The number of rotatable bonds is 6. The number of halogens is 1. The fourth-order valence-electron chi connectivity index (χ4n) is 3.94. The van der Waals surface area contributed by atoms with Crippen molar-refractivity contribution in [3.63, 3.8) is 0 Å². The SMILES string of the molecule is CCNC(=NCCc1c(C)nn(C)c1C)N1CCc2cc(OC)c(OC)cc2C1.I. The second-order valence-corrected chi connectivity index (χ2v) is 7.41. The summed E-state index contributed by atoms with van der Waals surface area (Å²) in [6.07, 6.45) is 1.86. The number of guanidine groups is 1. The normalized spacial score (nSPS) is 13.5. The molecule has 8 heteroatoms. The molecule has 0 saturated heterocycles. The van der Waals surface area contributed by atoms with Gasteiger partial charge in [-0.3, -0.25) is 9.67 Å². The highest BCUT2D eigenvalue weighted by Crippen LogP contribution is 2.33. The number of aromatic nitrogens is 2. The van der Waals surface area contributed by atoms with Crippen LogP contribution in [-0.4, -0.2) is 54.5 Å². The smallest absolute Gasteiger partial charge is 0.194 e. The third kappa shape index (κ3) is 5.19. The lowest BCUT2D eigenvalue weighted by Gasteiger charge is -2.32. The summed E-state index contributed by atoms with van der Waals surface area (Å²) in [5.74, 6) is 2.53. The van der Waals surface area contributed by atoms with Gasteiger partial charge in [-0.15, -0.1) is 24.0 Å². The number of fused-ring (bicyclic) bond motifs is 1. The number of hydrogen-bond acceptors (Lipinski definition) is 4. The lowest BCUT2D eigenvalue weighted by atomic mass is 9.99. The Balaban J connectivity index is 0.00000320. The van der Waals surface area contributed by atoms with E-state index in [1.54, 1.807) is 14.2 Å². The molecule has 0 unspecified atom stereocenters. The van der Waals surface area contributed by atoms with Crippen molar-refractivity contribution in [3.8, 4) is 11.5 Å². The molecule has 0 atom stereocenters. The van der Waals surface area contributed by atoms with E-state index in [9.17, 15) is 0 Å². The average molecular weight is 527 g/mol. The number of nitrogens with zero attached hydrogens (tertiary/aromatic N) is 4. The first-order valence-corrected chi connectivity index (χ1v) is 10.2. The van der Waals surface area contributed by atoms with Crippen molar-refractivity contribution in [3.05, 3.63) is 40.2 Å². The quantitative estimate of drug-likeness (QED) is 0.355. The van der Waals surface area contributed by atoms with Crippen LogP contribution in [0.5, 0.6) is 11.5 Å². The molecule has 0 bridgehead atoms. The molecule has 2 heterocycles. The van der Waals surface area contributed by atoms with Crippen molar-refractivity contribution in [1.29, 1.82) is 0 Å². The minimum Gasteiger partial charge on any atom is -0.493 e. The van der Waals surface area contributed by atoms with E-state index in [0.29, 0.717) is 0 Å². The van der Waals surface area contributed by atoms with Crippen molar-refractivity contribution in [1.82, 2.24) is 20.0 Å². The van der Waals surface area contributed by atoms with Crippen LogP contribution in [0.2, 0.25) is 0 Å². The molecule has 1 N–H and O–H groups in total. The molecule has 0 aliphatic carbocycles. The molecule has 166 valence electrons. The largest absolute Gasteiger partial charge is 0.493 e. The Labute approximate surface area is 196 Å². The lowest BCUT2D eigenvalue weighted by Crippen LogP contribution is -2.44. The topological polar surface area (TPSA) is 63.9 Å². The van der Waals surface area contributed by atoms with Crippen molar-refractivity contribution in [2.45, 2.75) is 40.2 Å². The summed E-state index contributed by atoms with van der Waals surface area (Å²) in [4.78, 5) is 7.23. The molecule has 30 heavy (non-hydrogen) atoms. The van der Waals surface area contributed by atoms with Crippen LogP contribution in [0, 0.1) is 13.8 Å². The van der Waals surface area contributed by atoms with E-state index in [-0.39, 0.29) is 24.0 Å². The Bertz CT molecular complexity index is 894. The molecule has 0 fully saturated rings. The number of benzene rings is 1. The molecular formula is C22H34IN5O2. The van der Waals surface area contributed by atoms with Crippen LogP contribution < -0.4 is 14.8 Å². The molecule has 3 rings (SSSR count). The summed E-state index contributed by atoms with van der Waals surface area (Å²) < 4.78 is 12.9. The summed E-state index contributed by atoms with van der Waals surface area (Å²) in [7, 11) is 5.35. The van der Waals surface area contributed by atoms with E-state index < -0.39 is 0 Å². The third-order valence-corrected chi connectivity index (χ3v) is 5.63. The van der Waals surface area contributed by atoms with Crippen LogP contribution in [0.3, 0.4) is 0 Å². The maximum absolute atomic E-state index is 5.49. The number of methoxy groups -OCH3 is 2. The van der Waals surface area contributed by atoms with Gasteiger partial charge in [0, 0.05) is 38.9 Å². The van der Waals surface area contributed by atoms with Crippen molar-refractivity contribution < 1.29 is 9.47 Å². The van der Waals surface area contributed by atoms with Gasteiger partial charge in [-0.25, -0.2) is 0 Å². The fraction of sp³-hybridized carbons (Fsp3) is 0.545. The van der Waals surface area contributed by atoms with Gasteiger partial charge in [0.15, 0.2) is 17.5 Å². The first kappa shape index (κ1) is 24.3. The second-order valence-electron chi connectivity index (χ2n) is 7.41. The molecule has 0 amide bonds. The zero-order valence-electron chi connectivity index (χ0n) is 18.9. The maximum atomic E-state index is 5.49. The Morgan fingerprint density at radius 3 is 2.40 bits per heavy atom. The molecule has 2 aromatic rings. The van der Waals surface area contributed by atoms with Gasteiger partial charge in [-0.2, -0.15) is 5.10 Å². The van der Waals surface area contributed by atoms with E-state index in [0.717, 1.165) is 62.2 Å². The first-order chi connectivity index (χ1) is 14.0. The van der Waals surface area contributed by atoms with Crippen molar-refractivity contribution >= 4 is 29.9 Å². The van der Waals surface area contributed by atoms with Crippen LogP contribution >= 0.6 is 24.0 Å². The summed E-state index contributed by atoms with van der Waals surface area (Å²) in [6, 6.07) is 4.19. The standard InChI is InChI=1S/C22H33N5O2.HI/c1-7-23-22(24-10-8-19-15(2)25-26(4)16(19)3)27-11-9-17-12-20(28-5)21(29-6)13-18(17)14-27;/h12-13H,7-11,14H2,1-6H3,(H,23,24);1H. The van der Waals surface area contributed by atoms with Gasteiger partial charge in [0.25, 0.3) is 0 Å². The Morgan fingerprint density at radius 2 is 1.83 bits per heavy atom. The Morgan fingerprint density at radius 1 is 1.17 bits per heavy atom. The minimum absolute atomic E-state index is 0. The first-order valence-electron chi connectivity index (χ1n) is 10.2. The van der Waals surface area contributed by atoms with Crippen LogP contribution in [0.1, 0.15) is 35.0 Å². The predicted molar refractivity (Wildman–Crippen MR) is 131 cm³/mol. The van der Waals surface area contributed by atoms with Gasteiger partial charge < -0.3 is 19.7 Å². The molecule has 0 saturated carbocycles. The predicted octanol–water partition coefficient (Wildman–Crippen LogP) is 3.24. The monoisotopic (exact) mass is 527 g/mol. The maximum Gasteiger partial charge on any atom is 0.194 e. The Kier molecular flexibility index (Phi) is 8.81. The second kappa shape index (κ2) is 10.9. The summed E-state index contributed by atoms with van der Waals surface area (Å²) >= 11 is 0. The molecule has 0 radical (unpaired) electrons. The zero-order valence-corrected chi connectivity index (χ0v) is 21.2. The number of aryl methyl sites for hydroxylation is 2. The van der Waals surface area contributed by atoms with Gasteiger partial charge in [-0.1, -0.05) is 0 Å². The van der Waals surface area contributed by atoms with E-state index in [1.165, 1.54) is 22.4 Å². The average Bonchev–Trinajstić information content (AvgIpc) is 2.97. The van der Waals surface area contributed by atoms with Gasteiger partial charge in [0.1, 0.15) is 0 Å². The van der Waals surface area contributed by atoms with Crippen LogP contribution in [-0.2, 0) is 26.4 Å². The highest BCUT2D eigenvalue weighted by Gasteiger charge is 2.21. The van der Waals surface area contributed by atoms with Crippen LogP contribution in [0.25, 0.3) is 0 Å². The highest BCUT2D eigenvalue weighted by molar-refractivity contribution is 14.0. The van der Waals surface area contributed by atoms with Crippen LogP contribution in [0.4, 0.5) is 0 Å². The molecule has 1 aliphatic rings. The molecule has 7 nitrogen and oxygen atoms in total. The number of hydrogen-bond donors (Lipinski definition) is 1. The molecule has 1 aromatic carbocycles. The van der Waals surface area contributed by atoms with Gasteiger partial charge in [0.2, 0.25) is 0 Å².